The molecule has 23 heavy (non-hydrogen) atoms. The normalized spacial score (nSPS) is 22.6. The van der Waals surface area contributed by atoms with Gasteiger partial charge in [-0.1, -0.05) is 0 Å². The van der Waals surface area contributed by atoms with E-state index in [9.17, 15) is 9.59 Å². The molecule has 9 nitrogen and oxygen atoms in total. The number of hydrogen-bond donors (Lipinski definition) is 2. The molecule has 2 unspecified atom stereocenters. The summed E-state index contributed by atoms with van der Waals surface area (Å²) in [6, 6.07) is 0.243. The number of ether oxygens (including phenoxy) is 1. The third kappa shape index (κ3) is 2.91. The minimum absolute atomic E-state index is 0.0928. The van der Waals surface area contributed by atoms with Crippen LogP contribution in [0.1, 0.15) is 30.6 Å². The molecule has 0 aliphatic carbocycles. The molecule has 2 bridgehead atoms. The van der Waals surface area contributed by atoms with Crippen LogP contribution in [0.3, 0.4) is 0 Å². The Morgan fingerprint density at radius 3 is 2.52 bits per heavy atom. The zero-order valence-corrected chi connectivity index (χ0v) is 13.0. The number of rotatable bonds is 3. The Morgan fingerprint density at radius 2 is 2.00 bits per heavy atom. The van der Waals surface area contributed by atoms with Gasteiger partial charge in [0.2, 0.25) is 5.95 Å². The van der Waals surface area contributed by atoms with Crippen LogP contribution in [-0.4, -0.2) is 63.4 Å². The smallest absolute Gasteiger partial charge is 0.410 e. The summed E-state index contributed by atoms with van der Waals surface area (Å²) in [7, 11) is 0. The van der Waals surface area contributed by atoms with Crippen molar-refractivity contribution in [3.05, 3.63) is 18.0 Å². The molecule has 2 fully saturated rings. The lowest BCUT2D eigenvalue weighted by Crippen LogP contribution is -2.49. The lowest BCUT2D eigenvalue weighted by molar-refractivity contribution is 0.0700. The minimum atomic E-state index is -0.651. The van der Waals surface area contributed by atoms with Gasteiger partial charge in [0, 0.05) is 25.5 Å². The van der Waals surface area contributed by atoms with E-state index in [0.29, 0.717) is 19.0 Å². The van der Waals surface area contributed by atoms with Crippen molar-refractivity contribution in [2.24, 2.45) is 0 Å². The van der Waals surface area contributed by atoms with Crippen molar-refractivity contribution in [1.29, 1.82) is 0 Å². The number of amides is 2. The van der Waals surface area contributed by atoms with Gasteiger partial charge in [-0.05, 0) is 20.3 Å². The highest BCUT2D eigenvalue weighted by atomic mass is 16.6. The predicted octanol–water partition coefficient (Wildman–Crippen LogP) is 0.404. The summed E-state index contributed by atoms with van der Waals surface area (Å²) >= 11 is 0. The van der Waals surface area contributed by atoms with Crippen LogP contribution in [0.15, 0.2) is 12.4 Å². The fraction of sp³-hybridized carbons (Fsp3) is 0.571. The SMILES string of the molecule is CC(C)OC(=O)N1CC2CC1CN2c1ncc(C(=O)NO)cn1. The van der Waals surface area contributed by atoms with E-state index in [0.717, 1.165) is 6.42 Å². The quantitative estimate of drug-likeness (QED) is 0.613. The predicted molar refractivity (Wildman–Crippen MR) is 79.1 cm³/mol. The molecular formula is C14H19N5O4. The standard InChI is InChI=1S/C14H19N5O4/c1-8(2)23-14(21)19-7-10-3-11(19)6-18(10)13-15-4-9(5-16-13)12(20)17-22/h4-5,8,10-11,22H,3,6-7H2,1-2H3,(H,17,20). The van der Waals surface area contributed by atoms with Crippen LogP contribution in [0.25, 0.3) is 0 Å². The number of fused-ring (bicyclic) bond motifs is 2. The Labute approximate surface area is 133 Å². The van der Waals surface area contributed by atoms with Crippen molar-refractivity contribution in [2.45, 2.75) is 38.5 Å². The van der Waals surface area contributed by atoms with Crippen molar-refractivity contribution >= 4 is 17.9 Å². The Balaban J connectivity index is 1.65. The van der Waals surface area contributed by atoms with E-state index in [-0.39, 0.29) is 29.8 Å². The molecule has 3 heterocycles. The molecular weight excluding hydrogens is 302 g/mol. The van der Waals surface area contributed by atoms with Gasteiger partial charge in [0.15, 0.2) is 0 Å². The molecule has 1 aromatic rings. The first-order valence-electron chi connectivity index (χ1n) is 7.50. The van der Waals surface area contributed by atoms with Crippen molar-refractivity contribution in [3.8, 4) is 0 Å². The monoisotopic (exact) mass is 321 g/mol. The number of anilines is 1. The average molecular weight is 321 g/mol. The van der Waals surface area contributed by atoms with Crippen LogP contribution < -0.4 is 10.4 Å². The van der Waals surface area contributed by atoms with Crippen LogP contribution in [0.2, 0.25) is 0 Å². The van der Waals surface area contributed by atoms with Crippen LogP contribution in [0, 0.1) is 0 Å². The summed E-state index contributed by atoms with van der Waals surface area (Å²) in [5.74, 6) is -0.133. The maximum atomic E-state index is 12.0. The number of nitrogens with zero attached hydrogens (tertiary/aromatic N) is 4. The molecule has 2 N–H and O–H groups in total. The summed E-state index contributed by atoms with van der Waals surface area (Å²) in [5.41, 5.74) is 1.72. The van der Waals surface area contributed by atoms with Gasteiger partial charge in [0.25, 0.3) is 5.91 Å². The first kappa shape index (κ1) is 15.5. The highest BCUT2D eigenvalue weighted by molar-refractivity contribution is 5.92. The van der Waals surface area contributed by atoms with Gasteiger partial charge in [-0.3, -0.25) is 10.0 Å². The number of piperazine rings is 1. The molecule has 0 spiro atoms. The maximum Gasteiger partial charge on any atom is 0.410 e. The van der Waals surface area contributed by atoms with E-state index in [1.165, 1.54) is 12.4 Å². The maximum absolute atomic E-state index is 12.0. The van der Waals surface area contributed by atoms with Gasteiger partial charge in [0.05, 0.1) is 23.8 Å². The Morgan fingerprint density at radius 1 is 1.30 bits per heavy atom. The molecule has 9 heteroatoms. The van der Waals surface area contributed by atoms with Crippen LogP contribution in [0.4, 0.5) is 10.7 Å². The number of nitrogens with one attached hydrogen (secondary N) is 1. The minimum Gasteiger partial charge on any atom is -0.447 e. The molecule has 3 rings (SSSR count). The van der Waals surface area contributed by atoms with E-state index >= 15 is 0 Å². The molecule has 124 valence electrons. The third-order valence-electron chi connectivity index (χ3n) is 4.07. The highest BCUT2D eigenvalue weighted by Gasteiger charge is 2.47. The second-order valence-electron chi connectivity index (χ2n) is 5.99. The van der Waals surface area contributed by atoms with E-state index < -0.39 is 5.91 Å². The summed E-state index contributed by atoms with van der Waals surface area (Å²) in [5, 5.41) is 8.58. The number of likely N-dealkylation sites (tertiary alicyclic amines) is 1. The highest BCUT2D eigenvalue weighted by Crippen LogP contribution is 2.33. The van der Waals surface area contributed by atoms with Gasteiger partial charge in [-0.2, -0.15) is 0 Å². The van der Waals surface area contributed by atoms with E-state index in [4.69, 9.17) is 9.94 Å². The molecule has 2 aliphatic heterocycles. The number of carbonyl (C=O) groups excluding carboxylic acids is 2. The molecule has 1 aromatic heterocycles. The zero-order chi connectivity index (χ0) is 16.6. The first-order valence-corrected chi connectivity index (χ1v) is 7.50. The summed E-state index contributed by atoms with van der Waals surface area (Å²) in [4.78, 5) is 35.4. The van der Waals surface area contributed by atoms with E-state index in [1.807, 2.05) is 18.7 Å². The topological polar surface area (TPSA) is 108 Å². The Bertz CT molecular complexity index is 606. The number of carbonyl (C=O) groups is 2. The largest absolute Gasteiger partial charge is 0.447 e. The molecule has 2 amide bonds. The van der Waals surface area contributed by atoms with E-state index in [2.05, 4.69) is 9.97 Å². The molecule has 2 atom stereocenters. The number of aromatic nitrogens is 2. The Kier molecular flexibility index (Phi) is 4.03. The summed E-state index contributed by atoms with van der Waals surface area (Å²) in [6.45, 7) is 4.88. The van der Waals surface area contributed by atoms with Crippen molar-refractivity contribution in [2.75, 3.05) is 18.0 Å². The van der Waals surface area contributed by atoms with Crippen LogP contribution in [0.5, 0.6) is 0 Å². The molecule has 0 radical (unpaired) electrons. The van der Waals surface area contributed by atoms with Crippen LogP contribution in [-0.2, 0) is 4.74 Å². The second kappa shape index (κ2) is 5.99. The first-order chi connectivity index (χ1) is 11.0. The Hall–Kier alpha value is -2.42. The van der Waals surface area contributed by atoms with Gasteiger partial charge in [-0.15, -0.1) is 0 Å². The average Bonchev–Trinajstić information content (AvgIpc) is 3.14. The molecule has 0 aromatic carbocycles. The van der Waals surface area contributed by atoms with Crippen LogP contribution >= 0.6 is 0 Å². The third-order valence-corrected chi connectivity index (χ3v) is 4.07. The van der Waals surface area contributed by atoms with Crippen molar-refractivity contribution in [3.63, 3.8) is 0 Å². The van der Waals surface area contributed by atoms with E-state index in [1.54, 1.807) is 10.4 Å². The van der Waals surface area contributed by atoms with Gasteiger partial charge in [0.1, 0.15) is 0 Å². The number of hydrogen-bond acceptors (Lipinski definition) is 7. The molecule has 0 saturated carbocycles. The summed E-state index contributed by atoms with van der Waals surface area (Å²) in [6.07, 6.45) is 3.18. The van der Waals surface area contributed by atoms with Gasteiger partial charge in [-0.25, -0.2) is 20.2 Å². The fourth-order valence-electron chi connectivity index (χ4n) is 3.06. The van der Waals surface area contributed by atoms with Gasteiger partial charge < -0.3 is 14.5 Å². The fourth-order valence-corrected chi connectivity index (χ4v) is 3.06. The molecule has 2 aliphatic rings. The number of hydroxylamine groups is 1. The van der Waals surface area contributed by atoms with Crippen molar-refractivity contribution in [1.82, 2.24) is 20.3 Å². The lowest BCUT2D eigenvalue weighted by Gasteiger charge is -2.33. The molecule has 2 saturated heterocycles. The van der Waals surface area contributed by atoms with Gasteiger partial charge >= 0.3 is 6.09 Å². The lowest BCUT2D eigenvalue weighted by atomic mass is 10.2. The second-order valence-corrected chi connectivity index (χ2v) is 5.99. The van der Waals surface area contributed by atoms with Crippen molar-refractivity contribution < 1.29 is 19.5 Å². The zero-order valence-electron chi connectivity index (χ0n) is 13.0. The summed E-state index contributed by atoms with van der Waals surface area (Å²) < 4.78 is 5.25.